The van der Waals surface area contributed by atoms with Crippen LogP contribution in [0, 0.1) is 29.1 Å². The predicted molar refractivity (Wildman–Crippen MR) is 87.2 cm³/mol. The molecule has 0 N–H and O–H groups in total. The molecule has 1 heterocycles. The molecule has 0 bridgehead atoms. The van der Waals surface area contributed by atoms with Gasteiger partial charge in [-0.2, -0.15) is 5.26 Å². The molecule has 1 saturated carbocycles. The summed E-state index contributed by atoms with van der Waals surface area (Å²) in [6.45, 7) is 5.74. The van der Waals surface area contributed by atoms with E-state index in [4.69, 9.17) is 0 Å². The number of rotatable bonds is 2. The summed E-state index contributed by atoms with van der Waals surface area (Å²) < 4.78 is 0. The molecule has 3 rings (SSSR count). The van der Waals surface area contributed by atoms with Gasteiger partial charge in [-0.1, -0.05) is 38.5 Å². The fraction of sp³-hybridized carbons (Fsp3) is 0.632. The Morgan fingerprint density at radius 3 is 2.86 bits per heavy atom. The molecule has 112 valence electrons. The van der Waals surface area contributed by atoms with Gasteiger partial charge in [0.25, 0.3) is 0 Å². The first-order chi connectivity index (χ1) is 10.2. The van der Waals surface area contributed by atoms with Crippen molar-refractivity contribution in [3.05, 3.63) is 29.8 Å². The zero-order valence-electron chi connectivity index (χ0n) is 13.3. The molecular formula is C19H26N2. The van der Waals surface area contributed by atoms with Crippen LogP contribution in [-0.2, 0) is 6.42 Å². The molecule has 4 unspecified atom stereocenters. The molecule has 2 nitrogen and oxygen atoms in total. The first kappa shape index (κ1) is 14.4. The average Bonchev–Trinajstić information content (AvgIpc) is 2.53. The molecule has 2 heteroatoms. The number of hydrogen-bond donors (Lipinski definition) is 0. The van der Waals surface area contributed by atoms with Crippen molar-refractivity contribution in [3.8, 4) is 6.07 Å². The van der Waals surface area contributed by atoms with Gasteiger partial charge < -0.3 is 4.90 Å². The highest BCUT2D eigenvalue weighted by atomic mass is 15.2. The van der Waals surface area contributed by atoms with Gasteiger partial charge in [-0.25, -0.2) is 0 Å². The fourth-order valence-corrected chi connectivity index (χ4v) is 4.25. The standard InChI is InChI=1S/C19H26N2/c1-3-15-8-9-17(12-20)19(11-15)21-13-14(2)10-16-6-4-5-7-18(16)21/h4-7,14-15,17,19H,3,8-11,13H2,1-2H3. The minimum absolute atomic E-state index is 0.200. The largest absolute Gasteiger partial charge is 0.367 e. The van der Waals surface area contributed by atoms with E-state index < -0.39 is 0 Å². The maximum absolute atomic E-state index is 9.59. The Morgan fingerprint density at radius 1 is 1.29 bits per heavy atom. The van der Waals surface area contributed by atoms with Gasteiger partial charge in [0.2, 0.25) is 0 Å². The van der Waals surface area contributed by atoms with Crippen LogP contribution in [0.2, 0.25) is 0 Å². The molecule has 1 aromatic rings. The average molecular weight is 282 g/mol. The third kappa shape index (κ3) is 2.79. The minimum atomic E-state index is 0.200. The quantitative estimate of drug-likeness (QED) is 0.803. The topological polar surface area (TPSA) is 27.0 Å². The lowest BCUT2D eigenvalue weighted by molar-refractivity contribution is 0.252. The summed E-state index contributed by atoms with van der Waals surface area (Å²) in [5.74, 6) is 1.68. The van der Waals surface area contributed by atoms with Crippen molar-refractivity contribution in [2.75, 3.05) is 11.4 Å². The molecule has 0 aromatic heterocycles. The highest BCUT2D eigenvalue weighted by molar-refractivity contribution is 5.57. The zero-order chi connectivity index (χ0) is 14.8. The SMILES string of the molecule is CCC1CCC(C#N)C(N2CC(C)Cc3ccccc32)C1. The van der Waals surface area contributed by atoms with Crippen molar-refractivity contribution in [3.63, 3.8) is 0 Å². The van der Waals surface area contributed by atoms with E-state index in [1.54, 1.807) is 0 Å². The summed E-state index contributed by atoms with van der Waals surface area (Å²) in [7, 11) is 0. The third-order valence-corrected chi connectivity index (χ3v) is 5.45. The van der Waals surface area contributed by atoms with Crippen molar-refractivity contribution in [1.82, 2.24) is 0 Å². The Labute approximate surface area is 128 Å². The van der Waals surface area contributed by atoms with Gasteiger partial charge in [0.05, 0.1) is 12.0 Å². The first-order valence-corrected chi connectivity index (χ1v) is 8.47. The lowest BCUT2D eigenvalue weighted by atomic mass is 9.76. The molecule has 1 aliphatic heterocycles. The highest BCUT2D eigenvalue weighted by Gasteiger charge is 2.36. The molecule has 0 saturated heterocycles. The van der Waals surface area contributed by atoms with E-state index in [1.165, 1.54) is 36.9 Å². The van der Waals surface area contributed by atoms with E-state index in [1.807, 2.05) is 0 Å². The molecule has 2 aliphatic rings. The number of para-hydroxylation sites is 1. The molecule has 1 aliphatic carbocycles. The van der Waals surface area contributed by atoms with Gasteiger partial charge in [0.15, 0.2) is 0 Å². The third-order valence-electron chi connectivity index (χ3n) is 5.45. The molecule has 1 aromatic carbocycles. The Bertz CT molecular complexity index is 531. The molecule has 4 atom stereocenters. The van der Waals surface area contributed by atoms with E-state index >= 15 is 0 Å². The molecule has 0 spiro atoms. The maximum atomic E-state index is 9.59. The Kier molecular flexibility index (Phi) is 4.19. The number of benzene rings is 1. The van der Waals surface area contributed by atoms with Gasteiger partial charge in [-0.3, -0.25) is 0 Å². The smallest absolute Gasteiger partial charge is 0.0677 e. The monoisotopic (exact) mass is 282 g/mol. The summed E-state index contributed by atoms with van der Waals surface area (Å²) in [6.07, 6.45) is 5.92. The highest BCUT2D eigenvalue weighted by Crippen LogP contribution is 2.39. The van der Waals surface area contributed by atoms with Gasteiger partial charge in [-0.15, -0.1) is 0 Å². The van der Waals surface area contributed by atoms with E-state index in [0.29, 0.717) is 12.0 Å². The fourth-order valence-electron chi connectivity index (χ4n) is 4.25. The molecular weight excluding hydrogens is 256 g/mol. The minimum Gasteiger partial charge on any atom is -0.367 e. The second kappa shape index (κ2) is 6.10. The summed E-state index contributed by atoms with van der Waals surface area (Å²) in [6, 6.07) is 11.8. The normalized spacial score (nSPS) is 32.3. The second-order valence-electron chi connectivity index (χ2n) is 6.98. The van der Waals surface area contributed by atoms with Crippen LogP contribution in [0.25, 0.3) is 0 Å². The van der Waals surface area contributed by atoms with Crippen LogP contribution < -0.4 is 4.90 Å². The lowest BCUT2D eigenvalue weighted by Crippen LogP contribution is -2.48. The van der Waals surface area contributed by atoms with E-state index in [2.05, 4.69) is 49.1 Å². The van der Waals surface area contributed by atoms with Crippen LogP contribution in [0.4, 0.5) is 5.69 Å². The van der Waals surface area contributed by atoms with Crippen molar-refractivity contribution in [2.24, 2.45) is 17.8 Å². The summed E-state index contributed by atoms with van der Waals surface area (Å²) >= 11 is 0. The van der Waals surface area contributed by atoms with Crippen molar-refractivity contribution >= 4 is 5.69 Å². The summed E-state index contributed by atoms with van der Waals surface area (Å²) in [5, 5.41) is 9.59. The van der Waals surface area contributed by atoms with Crippen LogP contribution in [0.15, 0.2) is 24.3 Å². The summed E-state index contributed by atoms with van der Waals surface area (Å²) in [5.41, 5.74) is 2.85. The van der Waals surface area contributed by atoms with Crippen LogP contribution in [0.5, 0.6) is 0 Å². The first-order valence-electron chi connectivity index (χ1n) is 8.47. The molecule has 1 fully saturated rings. The lowest BCUT2D eigenvalue weighted by Gasteiger charge is -2.45. The Balaban J connectivity index is 1.92. The van der Waals surface area contributed by atoms with Crippen LogP contribution in [0.3, 0.4) is 0 Å². The number of nitriles is 1. The predicted octanol–water partition coefficient (Wildman–Crippen LogP) is 4.40. The number of fused-ring (bicyclic) bond motifs is 1. The van der Waals surface area contributed by atoms with Crippen LogP contribution >= 0.6 is 0 Å². The number of anilines is 1. The van der Waals surface area contributed by atoms with Gasteiger partial charge in [-0.05, 0) is 49.1 Å². The number of hydrogen-bond acceptors (Lipinski definition) is 2. The Morgan fingerprint density at radius 2 is 2.10 bits per heavy atom. The van der Waals surface area contributed by atoms with Crippen molar-refractivity contribution in [1.29, 1.82) is 5.26 Å². The maximum Gasteiger partial charge on any atom is 0.0677 e. The van der Waals surface area contributed by atoms with E-state index in [-0.39, 0.29) is 5.92 Å². The number of nitrogens with zero attached hydrogens (tertiary/aromatic N) is 2. The van der Waals surface area contributed by atoms with Gasteiger partial charge in [0, 0.05) is 18.3 Å². The zero-order valence-corrected chi connectivity index (χ0v) is 13.3. The molecule has 0 radical (unpaired) electrons. The summed E-state index contributed by atoms with van der Waals surface area (Å²) in [4.78, 5) is 2.57. The van der Waals surface area contributed by atoms with Crippen LogP contribution in [-0.4, -0.2) is 12.6 Å². The van der Waals surface area contributed by atoms with Crippen LogP contribution in [0.1, 0.15) is 45.1 Å². The molecule has 21 heavy (non-hydrogen) atoms. The van der Waals surface area contributed by atoms with Crippen molar-refractivity contribution in [2.45, 2.75) is 52.0 Å². The van der Waals surface area contributed by atoms with Crippen molar-refractivity contribution < 1.29 is 0 Å². The van der Waals surface area contributed by atoms with E-state index in [9.17, 15) is 5.26 Å². The van der Waals surface area contributed by atoms with Gasteiger partial charge in [0.1, 0.15) is 0 Å². The Hall–Kier alpha value is -1.49. The van der Waals surface area contributed by atoms with E-state index in [0.717, 1.165) is 18.9 Å². The molecule has 0 amide bonds. The second-order valence-corrected chi connectivity index (χ2v) is 6.98. The van der Waals surface area contributed by atoms with Gasteiger partial charge >= 0.3 is 0 Å².